The van der Waals surface area contributed by atoms with E-state index in [-0.39, 0.29) is 5.91 Å². The van der Waals surface area contributed by atoms with E-state index >= 15 is 0 Å². The van der Waals surface area contributed by atoms with Crippen LogP contribution in [-0.2, 0) is 22.4 Å². The minimum Gasteiger partial charge on any atom is -0.475 e. The zero-order valence-electron chi connectivity index (χ0n) is 21.5. The molecule has 39 heavy (non-hydrogen) atoms. The van der Waals surface area contributed by atoms with E-state index in [1.54, 1.807) is 0 Å². The average Bonchev–Trinajstić information content (AvgIpc) is 3.73. The zero-order chi connectivity index (χ0) is 29.5. The molecule has 2 saturated carbocycles. The van der Waals surface area contributed by atoms with Gasteiger partial charge in [0, 0.05) is 52.4 Å². The highest BCUT2D eigenvalue weighted by molar-refractivity contribution is 5.99. The van der Waals surface area contributed by atoms with Gasteiger partial charge >= 0.3 is 24.3 Å². The molecule has 1 aromatic rings. The maximum atomic E-state index is 12.7. The van der Waals surface area contributed by atoms with Crippen molar-refractivity contribution < 1.29 is 50.9 Å². The van der Waals surface area contributed by atoms with Crippen LogP contribution in [0.15, 0.2) is 6.07 Å². The first-order chi connectivity index (χ1) is 18.0. The maximum Gasteiger partial charge on any atom is 0.490 e. The molecule has 2 heterocycles. The number of carbonyl (C=O) groups is 3. The number of rotatable bonds is 6. The predicted molar refractivity (Wildman–Crippen MR) is 128 cm³/mol. The molecular weight excluding hydrogens is 538 g/mol. The SMILES string of the molecule is CN(C)c1nc2c(cc1C(=O)NCC1CC1)CCN(CC1CC1)CC2.O=C(O)C(F)(F)F.O=C(O)C(F)(F)F. The topological polar surface area (TPSA) is 123 Å². The smallest absolute Gasteiger partial charge is 0.475 e. The molecule has 15 heteroatoms. The molecule has 0 radical (unpaired) electrons. The van der Waals surface area contributed by atoms with Crippen molar-refractivity contribution in [1.29, 1.82) is 0 Å². The monoisotopic (exact) mass is 570 g/mol. The van der Waals surface area contributed by atoms with Crippen LogP contribution in [-0.4, -0.2) is 90.6 Å². The quantitative estimate of drug-likeness (QED) is 0.445. The number of pyridine rings is 1. The van der Waals surface area contributed by atoms with Gasteiger partial charge in [-0.1, -0.05) is 0 Å². The number of nitrogens with one attached hydrogen (secondary N) is 1. The number of aliphatic carboxylic acids is 2. The summed E-state index contributed by atoms with van der Waals surface area (Å²) in [6.07, 6.45) is -2.87. The van der Waals surface area contributed by atoms with Crippen LogP contribution in [0.5, 0.6) is 0 Å². The van der Waals surface area contributed by atoms with Crippen molar-refractivity contribution in [3.8, 4) is 0 Å². The third-order valence-electron chi connectivity index (χ3n) is 6.15. The van der Waals surface area contributed by atoms with Crippen LogP contribution < -0.4 is 10.2 Å². The van der Waals surface area contributed by atoms with E-state index in [2.05, 4.69) is 16.3 Å². The van der Waals surface area contributed by atoms with Crippen molar-refractivity contribution >= 4 is 23.7 Å². The number of aromatic nitrogens is 1. The van der Waals surface area contributed by atoms with Gasteiger partial charge in [-0.2, -0.15) is 26.3 Å². The number of carboxylic acid groups (broad SMARTS) is 2. The Kier molecular flexibility index (Phi) is 11.0. The molecule has 0 bridgehead atoms. The van der Waals surface area contributed by atoms with E-state index < -0.39 is 24.3 Å². The Morgan fingerprint density at radius 2 is 1.44 bits per heavy atom. The lowest BCUT2D eigenvalue weighted by Gasteiger charge is -2.19. The Hall–Kier alpha value is -3.10. The van der Waals surface area contributed by atoms with Gasteiger partial charge in [-0.3, -0.25) is 4.79 Å². The molecule has 3 N–H and O–H groups in total. The lowest BCUT2D eigenvalue weighted by molar-refractivity contribution is -0.193. The number of fused-ring (bicyclic) bond motifs is 1. The van der Waals surface area contributed by atoms with E-state index in [1.807, 2.05) is 19.0 Å². The molecule has 2 fully saturated rings. The van der Waals surface area contributed by atoms with Gasteiger partial charge < -0.3 is 25.3 Å². The molecule has 1 aromatic heterocycles. The van der Waals surface area contributed by atoms with Crippen molar-refractivity contribution in [2.24, 2.45) is 11.8 Å². The summed E-state index contributed by atoms with van der Waals surface area (Å²) >= 11 is 0. The highest BCUT2D eigenvalue weighted by Gasteiger charge is 2.39. The number of nitrogens with zero attached hydrogens (tertiary/aromatic N) is 3. The lowest BCUT2D eigenvalue weighted by Crippen LogP contribution is -2.28. The first-order valence-corrected chi connectivity index (χ1v) is 12.3. The van der Waals surface area contributed by atoms with E-state index in [4.69, 9.17) is 24.8 Å². The first-order valence-electron chi connectivity index (χ1n) is 12.3. The Balaban J connectivity index is 0.000000317. The van der Waals surface area contributed by atoms with Gasteiger partial charge in [-0.05, 0) is 55.6 Å². The Morgan fingerprint density at radius 3 is 1.87 bits per heavy atom. The lowest BCUT2D eigenvalue weighted by atomic mass is 10.0. The zero-order valence-corrected chi connectivity index (χ0v) is 21.5. The molecule has 220 valence electrons. The second kappa shape index (κ2) is 13.3. The number of amides is 1. The van der Waals surface area contributed by atoms with Crippen LogP contribution in [0.4, 0.5) is 32.2 Å². The number of anilines is 1. The largest absolute Gasteiger partial charge is 0.490 e. The summed E-state index contributed by atoms with van der Waals surface area (Å²) in [5, 5.41) is 17.4. The van der Waals surface area contributed by atoms with Crippen LogP contribution in [0.2, 0.25) is 0 Å². The first kappa shape index (κ1) is 32.1. The Bertz CT molecular complexity index is 999. The second-order valence-corrected chi connectivity index (χ2v) is 9.86. The molecule has 0 saturated heterocycles. The van der Waals surface area contributed by atoms with Crippen LogP contribution in [0.1, 0.15) is 47.3 Å². The van der Waals surface area contributed by atoms with Crippen molar-refractivity contribution in [1.82, 2.24) is 15.2 Å². The fourth-order valence-corrected chi connectivity index (χ4v) is 3.68. The molecule has 1 aliphatic heterocycles. The number of hydrogen-bond acceptors (Lipinski definition) is 6. The molecule has 9 nitrogen and oxygen atoms in total. The summed E-state index contributed by atoms with van der Waals surface area (Å²) in [5.74, 6) is -3.06. The standard InChI is InChI=1S/C20H30N4O.2C2HF3O2/c1-23(2)19-17(20(25)21-12-14-3-4-14)11-16-7-9-24(13-15-5-6-15)10-8-18(16)22-19;2*3-2(4,5)1(6)7/h11,14-15H,3-10,12-13H2,1-2H3,(H,21,25);2*(H,6,7). The molecule has 2 aliphatic carbocycles. The molecule has 0 unspecified atom stereocenters. The summed E-state index contributed by atoms with van der Waals surface area (Å²) in [4.78, 5) is 40.0. The number of carbonyl (C=O) groups excluding carboxylic acids is 1. The average molecular weight is 571 g/mol. The van der Waals surface area contributed by atoms with Crippen molar-refractivity contribution in [3.63, 3.8) is 0 Å². The number of halogens is 6. The van der Waals surface area contributed by atoms with Gasteiger partial charge in [0.2, 0.25) is 0 Å². The van der Waals surface area contributed by atoms with E-state index in [0.717, 1.165) is 49.8 Å². The third kappa shape index (κ3) is 11.3. The molecule has 3 aliphatic rings. The normalized spacial score (nSPS) is 17.3. The van der Waals surface area contributed by atoms with Gasteiger partial charge in [-0.15, -0.1) is 0 Å². The minimum absolute atomic E-state index is 0.0324. The van der Waals surface area contributed by atoms with Gasteiger partial charge in [0.15, 0.2) is 0 Å². The molecule has 0 spiro atoms. The summed E-state index contributed by atoms with van der Waals surface area (Å²) < 4.78 is 63.5. The molecule has 4 rings (SSSR count). The summed E-state index contributed by atoms with van der Waals surface area (Å²) in [6, 6.07) is 2.11. The third-order valence-corrected chi connectivity index (χ3v) is 6.15. The summed E-state index contributed by atoms with van der Waals surface area (Å²) in [6.45, 7) is 4.23. The summed E-state index contributed by atoms with van der Waals surface area (Å²) in [7, 11) is 3.95. The van der Waals surface area contributed by atoms with Crippen molar-refractivity contribution in [2.75, 3.05) is 45.2 Å². The van der Waals surface area contributed by atoms with Crippen LogP contribution in [0.25, 0.3) is 0 Å². The molecule has 0 atom stereocenters. The van der Waals surface area contributed by atoms with Crippen LogP contribution in [0, 0.1) is 11.8 Å². The van der Waals surface area contributed by atoms with Crippen LogP contribution in [0.3, 0.4) is 0 Å². The molecule has 1 amide bonds. The van der Waals surface area contributed by atoms with Gasteiger partial charge in [0.05, 0.1) is 5.56 Å². The fourth-order valence-electron chi connectivity index (χ4n) is 3.68. The minimum atomic E-state index is -5.08. The maximum absolute atomic E-state index is 12.7. The predicted octanol–water partition coefficient (Wildman–Crippen LogP) is 3.36. The Morgan fingerprint density at radius 1 is 0.949 bits per heavy atom. The van der Waals surface area contributed by atoms with Gasteiger partial charge in [0.25, 0.3) is 5.91 Å². The highest BCUT2D eigenvalue weighted by Crippen LogP contribution is 2.31. The van der Waals surface area contributed by atoms with E-state index in [9.17, 15) is 31.1 Å². The Labute approximate surface area is 221 Å². The second-order valence-electron chi connectivity index (χ2n) is 9.86. The number of hydrogen-bond donors (Lipinski definition) is 3. The fraction of sp³-hybridized carbons (Fsp3) is 0.667. The van der Waals surface area contributed by atoms with Crippen molar-refractivity contribution in [2.45, 2.75) is 50.9 Å². The highest BCUT2D eigenvalue weighted by atomic mass is 19.4. The summed E-state index contributed by atoms with van der Waals surface area (Å²) in [5.41, 5.74) is 3.18. The molecular formula is C24H32F6N4O5. The number of alkyl halides is 6. The van der Waals surface area contributed by atoms with Crippen molar-refractivity contribution in [3.05, 3.63) is 22.9 Å². The van der Waals surface area contributed by atoms with Crippen LogP contribution >= 0.6 is 0 Å². The van der Waals surface area contributed by atoms with E-state index in [0.29, 0.717) is 5.92 Å². The number of carboxylic acids is 2. The van der Waals surface area contributed by atoms with E-state index in [1.165, 1.54) is 43.5 Å². The molecule has 0 aromatic carbocycles. The van der Waals surface area contributed by atoms with Gasteiger partial charge in [-0.25, -0.2) is 14.6 Å². The van der Waals surface area contributed by atoms with Gasteiger partial charge in [0.1, 0.15) is 5.82 Å².